The van der Waals surface area contributed by atoms with E-state index in [4.69, 9.17) is 17.0 Å². The summed E-state index contributed by atoms with van der Waals surface area (Å²) in [6, 6.07) is 19.7. The van der Waals surface area contributed by atoms with E-state index in [0.717, 1.165) is 17.5 Å². The highest BCUT2D eigenvalue weighted by molar-refractivity contribution is 7.80. The Morgan fingerprint density at radius 1 is 0.848 bits per heavy atom. The van der Waals surface area contributed by atoms with Crippen molar-refractivity contribution in [3.8, 4) is 5.75 Å². The van der Waals surface area contributed by atoms with Gasteiger partial charge in [-0.3, -0.25) is 14.9 Å². The predicted octanol–water partition coefficient (Wildman–Crippen LogP) is 5.47. The van der Waals surface area contributed by atoms with Gasteiger partial charge in [-0.15, -0.1) is 0 Å². The quantitative estimate of drug-likeness (QED) is 0.407. The summed E-state index contributed by atoms with van der Waals surface area (Å²) in [5.41, 5.74) is 4.22. The molecular formula is C26H27N3O3S. The first-order valence-electron chi connectivity index (χ1n) is 10.7. The summed E-state index contributed by atoms with van der Waals surface area (Å²) in [7, 11) is 0. The molecule has 0 heterocycles. The Morgan fingerprint density at radius 3 is 2.27 bits per heavy atom. The molecule has 0 fully saturated rings. The van der Waals surface area contributed by atoms with Crippen molar-refractivity contribution in [3.05, 3.63) is 89.0 Å². The van der Waals surface area contributed by atoms with Crippen molar-refractivity contribution in [2.75, 3.05) is 17.2 Å². The molecule has 0 saturated heterocycles. The van der Waals surface area contributed by atoms with Crippen LogP contribution in [0.1, 0.15) is 45.2 Å². The number of ether oxygens (including phenoxy) is 1. The van der Waals surface area contributed by atoms with Crippen molar-refractivity contribution in [1.82, 2.24) is 5.32 Å². The second-order valence-electron chi connectivity index (χ2n) is 7.55. The van der Waals surface area contributed by atoms with Crippen LogP contribution in [0.25, 0.3) is 0 Å². The summed E-state index contributed by atoms with van der Waals surface area (Å²) >= 11 is 5.33. The molecule has 0 saturated carbocycles. The fourth-order valence-corrected chi connectivity index (χ4v) is 3.33. The normalized spacial score (nSPS) is 10.3. The van der Waals surface area contributed by atoms with E-state index in [9.17, 15) is 9.59 Å². The van der Waals surface area contributed by atoms with Crippen LogP contribution in [0.4, 0.5) is 11.4 Å². The topological polar surface area (TPSA) is 79.5 Å². The largest absolute Gasteiger partial charge is 0.493 e. The van der Waals surface area contributed by atoms with Crippen LogP contribution in [0.5, 0.6) is 5.75 Å². The molecule has 6 nitrogen and oxygen atoms in total. The van der Waals surface area contributed by atoms with Gasteiger partial charge in [0.2, 0.25) is 0 Å². The standard InChI is InChI=1S/C26H27N3O3S/c1-4-15-32-23-12-8-6-10-21(23)25(31)29-26(33)28-22-11-7-5-9-20(22)24(30)27-19-14-13-17(2)18(3)16-19/h5-14,16H,4,15H2,1-3H3,(H,27,30)(H2,28,29,31,33). The minimum absolute atomic E-state index is 0.0803. The van der Waals surface area contributed by atoms with Crippen molar-refractivity contribution in [2.24, 2.45) is 0 Å². The smallest absolute Gasteiger partial charge is 0.261 e. The average Bonchev–Trinajstić information content (AvgIpc) is 2.80. The monoisotopic (exact) mass is 461 g/mol. The predicted molar refractivity (Wildman–Crippen MR) is 136 cm³/mol. The SMILES string of the molecule is CCCOc1ccccc1C(=O)NC(=S)Nc1ccccc1C(=O)Nc1ccc(C)c(C)c1. The Labute approximate surface area is 199 Å². The molecule has 0 atom stereocenters. The van der Waals surface area contributed by atoms with Gasteiger partial charge in [0.25, 0.3) is 11.8 Å². The van der Waals surface area contributed by atoms with Crippen LogP contribution >= 0.6 is 12.2 Å². The van der Waals surface area contributed by atoms with E-state index in [0.29, 0.717) is 34.9 Å². The Balaban J connectivity index is 1.70. The van der Waals surface area contributed by atoms with Gasteiger partial charge in [0.1, 0.15) is 5.75 Å². The van der Waals surface area contributed by atoms with Crippen LogP contribution < -0.4 is 20.7 Å². The van der Waals surface area contributed by atoms with E-state index < -0.39 is 5.91 Å². The number of nitrogens with one attached hydrogen (secondary N) is 3. The summed E-state index contributed by atoms with van der Waals surface area (Å²) in [6.07, 6.45) is 0.830. The summed E-state index contributed by atoms with van der Waals surface area (Å²) in [5, 5.41) is 8.61. The number of thiocarbonyl (C=S) groups is 1. The second-order valence-corrected chi connectivity index (χ2v) is 7.96. The summed E-state index contributed by atoms with van der Waals surface area (Å²) in [4.78, 5) is 25.7. The molecular weight excluding hydrogens is 434 g/mol. The van der Waals surface area contributed by atoms with Crippen molar-refractivity contribution >= 4 is 40.5 Å². The fraction of sp³-hybridized carbons (Fsp3) is 0.192. The van der Waals surface area contributed by atoms with Gasteiger partial charge in [0.15, 0.2) is 5.11 Å². The van der Waals surface area contributed by atoms with Crippen LogP contribution in [0.2, 0.25) is 0 Å². The lowest BCUT2D eigenvalue weighted by molar-refractivity contribution is 0.0972. The minimum atomic E-state index is -0.392. The molecule has 3 rings (SSSR count). The van der Waals surface area contributed by atoms with Crippen LogP contribution in [-0.2, 0) is 0 Å². The molecule has 3 aromatic carbocycles. The maximum absolute atomic E-state index is 12.9. The summed E-state index contributed by atoms with van der Waals surface area (Å²) < 4.78 is 5.65. The van der Waals surface area contributed by atoms with Crippen molar-refractivity contribution < 1.29 is 14.3 Å². The second kappa shape index (κ2) is 11.2. The number of carbonyl (C=O) groups excluding carboxylic acids is 2. The zero-order valence-electron chi connectivity index (χ0n) is 18.9. The van der Waals surface area contributed by atoms with Crippen LogP contribution in [0.15, 0.2) is 66.7 Å². The van der Waals surface area contributed by atoms with E-state index in [2.05, 4.69) is 16.0 Å². The molecule has 0 aliphatic carbocycles. The Morgan fingerprint density at radius 2 is 1.55 bits per heavy atom. The van der Waals surface area contributed by atoms with E-state index in [-0.39, 0.29) is 11.0 Å². The van der Waals surface area contributed by atoms with E-state index in [1.54, 1.807) is 42.5 Å². The molecule has 0 aromatic heterocycles. The molecule has 3 N–H and O–H groups in total. The van der Waals surface area contributed by atoms with Crippen molar-refractivity contribution in [1.29, 1.82) is 0 Å². The number of hydrogen-bond acceptors (Lipinski definition) is 4. The average molecular weight is 462 g/mol. The number of amides is 2. The van der Waals surface area contributed by atoms with Gasteiger partial charge in [-0.25, -0.2) is 0 Å². The number of benzene rings is 3. The number of aryl methyl sites for hydroxylation is 2. The van der Waals surface area contributed by atoms with Crippen molar-refractivity contribution in [3.63, 3.8) is 0 Å². The first-order chi connectivity index (χ1) is 15.9. The van der Waals surface area contributed by atoms with Gasteiger partial charge in [0, 0.05) is 5.69 Å². The minimum Gasteiger partial charge on any atom is -0.493 e. The third kappa shape index (κ3) is 6.40. The Bertz CT molecular complexity index is 1180. The lowest BCUT2D eigenvalue weighted by Crippen LogP contribution is -2.35. The number of rotatable bonds is 7. The number of para-hydroxylation sites is 2. The number of hydrogen-bond donors (Lipinski definition) is 3. The molecule has 0 aliphatic rings. The lowest BCUT2D eigenvalue weighted by Gasteiger charge is -2.15. The molecule has 2 amide bonds. The zero-order valence-corrected chi connectivity index (χ0v) is 19.7. The first-order valence-corrected chi connectivity index (χ1v) is 11.1. The van der Waals surface area contributed by atoms with Crippen LogP contribution in [0, 0.1) is 13.8 Å². The first kappa shape index (κ1) is 23.9. The third-order valence-electron chi connectivity index (χ3n) is 5.01. The highest BCUT2D eigenvalue weighted by Crippen LogP contribution is 2.20. The molecule has 7 heteroatoms. The van der Waals surface area contributed by atoms with Gasteiger partial charge in [-0.1, -0.05) is 37.3 Å². The summed E-state index contributed by atoms with van der Waals surface area (Å²) in [5.74, 6) is -0.183. The van der Waals surface area contributed by atoms with Gasteiger partial charge >= 0.3 is 0 Å². The number of carbonyl (C=O) groups is 2. The summed E-state index contributed by atoms with van der Waals surface area (Å²) in [6.45, 7) is 6.52. The molecule has 0 aliphatic heterocycles. The maximum Gasteiger partial charge on any atom is 0.261 e. The Hall–Kier alpha value is -3.71. The fourth-order valence-electron chi connectivity index (χ4n) is 3.12. The Kier molecular flexibility index (Phi) is 8.16. The van der Waals surface area contributed by atoms with Gasteiger partial charge in [0.05, 0.1) is 23.4 Å². The van der Waals surface area contributed by atoms with E-state index >= 15 is 0 Å². The molecule has 3 aromatic rings. The molecule has 0 spiro atoms. The van der Waals surface area contributed by atoms with Crippen LogP contribution in [0.3, 0.4) is 0 Å². The lowest BCUT2D eigenvalue weighted by atomic mass is 10.1. The van der Waals surface area contributed by atoms with E-state index in [1.807, 2.05) is 45.0 Å². The molecule has 0 bridgehead atoms. The third-order valence-corrected chi connectivity index (χ3v) is 5.21. The van der Waals surface area contributed by atoms with E-state index in [1.165, 1.54) is 0 Å². The van der Waals surface area contributed by atoms with Gasteiger partial charge in [-0.2, -0.15) is 0 Å². The van der Waals surface area contributed by atoms with Crippen LogP contribution in [-0.4, -0.2) is 23.5 Å². The molecule has 170 valence electrons. The van der Waals surface area contributed by atoms with Crippen molar-refractivity contribution in [2.45, 2.75) is 27.2 Å². The zero-order chi connectivity index (χ0) is 23.8. The molecule has 0 radical (unpaired) electrons. The molecule has 33 heavy (non-hydrogen) atoms. The molecule has 0 unspecified atom stereocenters. The van der Waals surface area contributed by atoms with Gasteiger partial charge < -0.3 is 15.4 Å². The highest BCUT2D eigenvalue weighted by atomic mass is 32.1. The van der Waals surface area contributed by atoms with Gasteiger partial charge in [-0.05, 0) is 80.0 Å². The number of anilines is 2. The maximum atomic E-state index is 12.9. The highest BCUT2D eigenvalue weighted by Gasteiger charge is 2.16.